The van der Waals surface area contributed by atoms with Gasteiger partial charge in [0.2, 0.25) is 5.91 Å². The Labute approximate surface area is 166 Å². The molecule has 0 aliphatic carbocycles. The number of halogens is 3. The zero-order chi connectivity index (χ0) is 20.9. The lowest BCUT2D eigenvalue weighted by Crippen LogP contribution is -2.39. The van der Waals surface area contributed by atoms with Crippen molar-refractivity contribution in [3.63, 3.8) is 0 Å². The molecule has 0 spiro atoms. The summed E-state index contributed by atoms with van der Waals surface area (Å²) in [5.74, 6) is -2.32. The van der Waals surface area contributed by atoms with Gasteiger partial charge >= 0.3 is 0 Å². The molecular formula is C23H17F3N2O. The Hall–Kier alpha value is -3.59. The van der Waals surface area contributed by atoms with E-state index in [0.29, 0.717) is 0 Å². The van der Waals surface area contributed by atoms with Gasteiger partial charge in [-0.2, -0.15) is 5.26 Å². The smallest absolute Gasteiger partial charge is 0.245 e. The van der Waals surface area contributed by atoms with Crippen LogP contribution in [0.15, 0.2) is 72.8 Å². The molecule has 29 heavy (non-hydrogen) atoms. The number of nitrogens with zero attached hydrogens (tertiary/aromatic N) is 1. The Morgan fingerprint density at radius 1 is 0.828 bits per heavy atom. The van der Waals surface area contributed by atoms with Crippen molar-refractivity contribution in [1.82, 2.24) is 0 Å². The third-order valence-corrected chi connectivity index (χ3v) is 4.65. The second-order valence-electron chi connectivity index (χ2n) is 6.69. The van der Waals surface area contributed by atoms with Crippen LogP contribution in [-0.4, -0.2) is 5.91 Å². The van der Waals surface area contributed by atoms with Crippen LogP contribution in [0.5, 0.6) is 0 Å². The van der Waals surface area contributed by atoms with E-state index in [2.05, 4.69) is 5.32 Å². The molecule has 0 bridgehead atoms. The van der Waals surface area contributed by atoms with Crippen LogP contribution in [0.3, 0.4) is 0 Å². The highest BCUT2D eigenvalue weighted by Gasteiger charge is 2.40. The van der Waals surface area contributed by atoms with E-state index in [9.17, 15) is 23.2 Å². The molecule has 0 fully saturated rings. The zero-order valence-electron chi connectivity index (χ0n) is 15.3. The predicted molar refractivity (Wildman–Crippen MR) is 103 cm³/mol. The lowest BCUT2D eigenvalue weighted by molar-refractivity contribution is -0.122. The van der Waals surface area contributed by atoms with Crippen molar-refractivity contribution >= 4 is 11.6 Å². The average molecular weight is 394 g/mol. The van der Waals surface area contributed by atoms with Gasteiger partial charge in [-0.1, -0.05) is 36.4 Å². The summed E-state index contributed by atoms with van der Waals surface area (Å²) in [4.78, 5) is 13.1. The van der Waals surface area contributed by atoms with Crippen molar-refractivity contribution in [1.29, 1.82) is 5.26 Å². The maximum Gasteiger partial charge on any atom is 0.245 e. The second-order valence-corrected chi connectivity index (χ2v) is 6.69. The fourth-order valence-electron chi connectivity index (χ4n) is 3.07. The van der Waals surface area contributed by atoms with E-state index in [-0.39, 0.29) is 29.7 Å². The van der Waals surface area contributed by atoms with Crippen LogP contribution in [0, 0.1) is 34.2 Å². The molecule has 3 aromatic rings. The molecule has 0 aromatic heterocycles. The summed E-state index contributed by atoms with van der Waals surface area (Å²) >= 11 is 0. The van der Waals surface area contributed by atoms with E-state index in [1.54, 1.807) is 12.1 Å². The van der Waals surface area contributed by atoms with E-state index >= 15 is 0 Å². The summed E-state index contributed by atoms with van der Waals surface area (Å²) in [7, 11) is 0. The molecule has 1 amide bonds. The Morgan fingerprint density at radius 2 is 1.31 bits per heavy atom. The van der Waals surface area contributed by atoms with Crippen LogP contribution in [0.4, 0.5) is 18.9 Å². The summed E-state index contributed by atoms with van der Waals surface area (Å²) in [6, 6.07) is 18.6. The highest BCUT2D eigenvalue weighted by molar-refractivity contribution is 5.97. The highest BCUT2D eigenvalue weighted by atomic mass is 19.1. The van der Waals surface area contributed by atoms with Gasteiger partial charge in [0.15, 0.2) is 0 Å². The lowest BCUT2D eigenvalue weighted by atomic mass is 9.76. The largest absolute Gasteiger partial charge is 0.325 e. The first-order chi connectivity index (χ1) is 13.9. The fourth-order valence-corrected chi connectivity index (χ4v) is 3.07. The number of nitrogens with one attached hydrogen (secondary N) is 1. The number of anilines is 1. The Balaban J connectivity index is 2.00. The summed E-state index contributed by atoms with van der Waals surface area (Å²) in [5.41, 5.74) is -1.17. The number of nitriles is 1. The molecule has 0 unspecified atom stereocenters. The maximum absolute atomic E-state index is 14.3. The van der Waals surface area contributed by atoms with Gasteiger partial charge < -0.3 is 5.32 Å². The molecule has 3 nitrogen and oxygen atoms in total. The SMILES string of the molecule is N#CC(Cc1ccccc1F)(Cc1ccccc1F)C(=O)Nc1ccc(F)cc1. The molecule has 1 N–H and O–H groups in total. The average Bonchev–Trinajstić information content (AvgIpc) is 2.72. The number of hydrogen-bond acceptors (Lipinski definition) is 2. The quantitative estimate of drug-likeness (QED) is 0.637. The molecule has 0 radical (unpaired) electrons. The molecular weight excluding hydrogens is 377 g/mol. The monoisotopic (exact) mass is 394 g/mol. The summed E-state index contributed by atoms with van der Waals surface area (Å²) in [5, 5.41) is 12.5. The Bertz CT molecular complexity index is 1010. The van der Waals surface area contributed by atoms with Crippen LogP contribution < -0.4 is 5.32 Å². The van der Waals surface area contributed by atoms with Gasteiger partial charge in [-0.05, 0) is 47.5 Å². The third kappa shape index (κ3) is 4.64. The fraction of sp³-hybridized carbons (Fsp3) is 0.130. The molecule has 0 heterocycles. The van der Waals surface area contributed by atoms with Crippen LogP contribution in [0.1, 0.15) is 11.1 Å². The topological polar surface area (TPSA) is 52.9 Å². The van der Waals surface area contributed by atoms with Crippen LogP contribution in [0.25, 0.3) is 0 Å². The van der Waals surface area contributed by atoms with Crippen molar-refractivity contribution in [2.45, 2.75) is 12.8 Å². The standard InChI is InChI=1S/C23H17F3N2O/c24-18-9-11-19(12-10-18)28-22(29)23(15-27,13-16-5-1-3-7-20(16)25)14-17-6-2-4-8-21(17)26/h1-12H,13-14H2,(H,28,29). The number of carbonyl (C=O) groups is 1. The molecule has 0 aliphatic heterocycles. The lowest BCUT2D eigenvalue weighted by Gasteiger charge is -2.26. The summed E-state index contributed by atoms with van der Waals surface area (Å²) in [6.07, 6.45) is -0.505. The molecule has 146 valence electrons. The van der Waals surface area contributed by atoms with Crippen molar-refractivity contribution in [2.24, 2.45) is 5.41 Å². The van der Waals surface area contributed by atoms with E-state index in [0.717, 1.165) is 12.1 Å². The van der Waals surface area contributed by atoms with Crippen molar-refractivity contribution < 1.29 is 18.0 Å². The van der Waals surface area contributed by atoms with Crippen molar-refractivity contribution in [3.05, 3.63) is 101 Å². The minimum Gasteiger partial charge on any atom is -0.325 e. The third-order valence-electron chi connectivity index (χ3n) is 4.65. The first kappa shape index (κ1) is 20.2. The van der Waals surface area contributed by atoms with Gasteiger partial charge in [0.05, 0.1) is 6.07 Å². The zero-order valence-corrected chi connectivity index (χ0v) is 15.3. The molecule has 0 aliphatic rings. The second kappa shape index (κ2) is 8.61. The van der Waals surface area contributed by atoms with E-state index < -0.39 is 28.8 Å². The predicted octanol–water partition coefficient (Wildman–Crippen LogP) is 5.04. The minimum absolute atomic E-state index is 0.166. The van der Waals surface area contributed by atoms with E-state index in [1.807, 2.05) is 6.07 Å². The normalized spacial score (nSPS) is 11.0. The first-order valence-corrected chi connectivity index (χ1v) is 8.88. The number of amides is 1. The van der Waals surface area contributed by atoms with Crippen molar-refractivity contribution in [2.75, 3.05) is 5.32 Å². The van der Waals surface area contributed by atoms with E-state index in [1.165, 1.54) is 48.5 Å². The van der Waals surface area contributed by atoms with Gasteiger partial charge in [0.1, 0.15) is 22.9 Å². The van der Waals surface area contributed by atoms with Gasteiger partial charge in [-0.3, -0.25) is 4.79 Å². The number of carbonyl (C=O) groups excluding carboxylic acids is 1. The van der Waals surface area contributed by atoms with Crippen LogP contribution in [0.2, 0.25) is 0 Å². The molecule has 6 heteroatoms. The maximum atomic E-state index is 14.3. The Kier molecular flexibility index (Phi) is 5.99. The first-order valence-electron chi connectivity index (χ1n) is 8.88. The molecule has 0 saturated heterocycles. The van der Waals surface area contributed by atoms with Gasteiger partial charge in [-0.15, -0.1) is 0 Å². The molecule has 3 rings (SSSR count). The Morgan fingerprint density at radius 3 is 1.76 bits per heavy atom. The van der Waals surface area contributed by atoms with Gasteiger partial charge in [0.25, 0.3) is 0 Å². The van der Waals surface area contributed by atoms with Gasteiger partial charge in [-0.25, -0.2) is 13.2 Å². The minimum atomic E-state index is -1.78. The molecule has 3 aromatic carbocycles. The highest BCUT2D eigenvalue weighted by Crippen LogP contribution is 2.31. The van der Waals surface area contributed by atoms with Crippen LogP contribution >= 0.6 is 0 Å². The van der Waals surface area contributed by atoms with E-state index in [4.69, 9.17) is 0 Å². The number of rotatable bonds is 6. The molecule has 0 atom stereocenters. The van der Waals surface area contributed by atoms with Gasteiger partial charge in [0, 0.05) is 18.5 Å². The summed E-state index contributed by atoms with van der Waals surface area (Å²) in [6.45, 7) is 0. The van der Waals surface area contributed by atoms with Crippen LogP contribution in [-0.2, 0) is 17.6 Å². The van der Waals surface area contributed by atoms with Crippen molar-refractivity contribution in [3.8, 4) is 6.07 Å². The molecule has 0 saturated carbocycles. The summed E-state index contributed by atoms with van der Waals surface area (Å²) < 4.78 is 41.6. The number of benzene rings is 3. The number of hydrogen-bond donors (Lipinski definition) is 1.